The minimum absolute atomic E-state index is 0.995. The van der Waals surface area contributed by atoms with E-state index in [1.54, 1.807) is 0 Å². The van der Waals surface area contributed by atoms with Gasteiger partial charge in [-0.25, -0.2) is 4.98 Å². The van der Waals surface area contributed by atoms with Crippen molar-refractivity contribution < 1.29 is 0 Å². The third-order valence-electron chi connectivity index (χ3n) is 2.65. The lowest BCUT2D eigenvalue weighted by Gasteiger charge is -2.19. The van der Waals surface area contributed by atoms with Crippen LogP contribution in [0.15, 0.2) is 0 Å². The summed E-state index contributed by atoms with van der Waals surface area (Å²) in [5.74, 6) is 0. The smallest absolute Gasteiger partial charge is 0.107 e. The van der Waals surface area contributed by atoms with Gasteiger partial charge in [0.05, 0.1) is 12.2 Å². The van der Waals surface area contributed by atoms with Gasteiger partial charge in [0.25, 0.3) is 0 Å². The van der Waals surface area contributed by atoms with Crippen LogP contribution in [0.25, 0.3) is 0 Å². The van der Waals surface area contributed by atoms with Crippen LogP contribution in [-0.2, 0) is 6.54 Å². The molecule has 0 aromatic carbocycles. The lowest BCUT2D eigenvalue weighted by Crippen LogP contribution is -2.31. The first-order valence-corrected chi connectivity index (χ1v) is 6.78. The highest BCUT2D eigenvalue weighted by atomic mass is 32.1. The Hall–Kier alpha value is -0.450. The van der Waals surface area contributed by atoms with Gasteiger partial charge in [0, 0.05) is 18.0 Å². The molecule has 1 rings (SSSR count). The molecule has 4 heteroatoms. The number of aromatic nitrogens is 1. The summed E-state index contributed by atoms with van der Waals surface area (Å²) in [6, 6.07) is 0. The van der Waals surface area contributed by atoms with Crippen molar-refractivity contribution in [1.82, 2.24) is 15.2 Å². The number of aryl methyl sites for hydroxylation is 2. The predicted octanol–water partition coefficient (Wildman–Crippen LogP) is 2.19. The van der Waals surface area contributed by atoms with Crippen molar-refractivity contribution in [3.05, 3.63) is 15.6 Å². The third-order valence-corrected chi connectivity index (χ3v) is 3.71. The molecule has 0 spiro atoms. The molecule has 1 aromatic heterocycles. The Balaban J connectivity index is 2.52. The second kappa shape index (κ2) is 6.99. The molecular formula is C12H23N3S. The lowest BCUT2D eigenvalue weighted by atomic mass is 10.4. The van der Waals surface area contributed by atoms with Gasteiger partial charge < -0.3 is 5.32 Å². The van der Waals surface area contributed by atoms with E-state index in [2.05, 4.69) is 36.0 Å². The Morgan fingerprint density at radius 2 is 2.06 bits per heavy atom. The molecular weight excluding hydrogens is 218 g/mol. The van der Waals surface area contributed by atoms with Gasteiger partial charge in [0.1, 0.15) is 5.01 Å². The minimum atomic E-state index is 0.995. The normalized spacial score (nSPS) is 11.3. The van der Waals surface area contributed by atoms with Crippen molar-refractivity contribution in [2.75, 3.05) is 26.7 Å². The van der Waals surface area contributed by atoms with Crippen LogP contribution in [-0.4, -0.2) is 36.6 Å². The van der Waals surface area contributed by atoms with Gasteiger partial charge in [-0.3, -0.25) is 4.90 Å². The van der Waals surface area contributed by atoms with E-state index in [0.29, 0.717) is 0 Å². The first-order valence-electron chi connectivity index (χ1n) is 5.97. The molecule has 0 aliphatic carbocycles. The molecule has 1 aromatic rings. The highest BCUT2D eigenvalue weighted by Gasteiger charge is 2.09. The number of hydrogen-bond acceptors (Lipinski definition) is 4. The van der Waals surface area contributed by atoms with Crippen LogP contribution in [0.5, 0.6) is 0 Å². The highest BCUT2D eigenvalue weighted by molar-refractivity contribution is 7.11. The highest BCUT2D eigenvalue weighted by Crippen LogP contribution is 2.17. The maximum absolute atomic E-state index is 4.60. The second-order valence-corrected chi connectivity index (χ2v) is 5.42. The zero-order valence-corrected chi connectivity index (χ0v) is 11.7. The first kappa shape index (κ1) is 13.6. The van der Waals surface area contributed by atoms with E-state index in [1.807, 2.05) is 18.4 Å². The van der Waals surface area contributed by atoms with E-state index in [-0.39, 0.29) is 0 Å². The van der Waals surface area contributed by atoms with Crippen molar-refractivity contribution >= 4 is 11.3 Å². The number of hydrogen-bond donors (Lipinski definition) is 1. The van der Waals surface area contributed by atoms with Crippen LogP contribution in [0.2, 0.25) is 0 Å². The Morgan fingerprint density at radius 1 is 1.31 bits per heavy atom. The molecule has 1 heterocycles. The zero-order chi connectivity index (χ0) is 12.0. The number of nitrogens with zero attached hydrogens (tertiary/aromatic N) is 2. The van der Waals surface area contributed by atoms with Crippen LogP contribution in [0.3, 0.4) is 0 Å². The van der Waals surface area contributed by atoms with E-state index in [0.717, 1.165) is 26.2 Å². The Kier molecular flexibility index (Phi) is 5.95. The fourth-order valence-corrected chi connectivity index (χ4v) is 2.63. The van der Waals surface area contributed by atoms with Gasteiger partial charge in [0.15, 0.2) is 0 Å². The van der Waals surface area contributed by atoms with Crippen LogP contribution in [0, 0.1) is 13.8 Å². The molecule has 16 heavy (non-hydrogen) atoms. The lowest BCUT2D eigenvalue weighted by molar-refractivity contribution is 0.267. The quantitative estimate of drug-likeness (QED) is 0.793. The molecule has 0 saturated heterocycles. The maximum Gasteiger partial charge on any atom is 0.107 e. The van der Waals surface area contributed by atoms with Crippen LogP contribution in [0.1, 0.15) is 28.9 Å². The molecule has 0 bridgehead atoms. The Morgan fingerprint density at radius 3 is 2.56 bits per heavy atom. The van der Waals surface area contributed by atoms with Crippen LogP contribution >= 0.6 is 11.3 Å². The van der Waals surface area contributed by atoms with Crippen molar-refractivity contribution in [3.63, 3.8) is 0 Å². The van der Waals surface area contributed by atoms with Crippen molar-refractivity contribution in [1.29, 1.82) is 0 Å². The second-order valence-electron chi connectivity index (χ2n) is 4.13. The Bertz CT molecular complexity index is 290. The molecule has 0 radical (unpaired) electrons. The molecule has 92 valence electrons. The summed E-state index contributed by atoms with van der Waals surface area (Å²) in [5.41, 5.74) is 1.19. The van der Waals surface area contributed by atoms with E-state index in [1.165, 1.54) is 22.0 Å². The number of thiazole rings is 1. The average molecular weight is 241 g/mol. The van der Waals surface area contributed by atoms with Gasteiger partial charge in [0.2, 0.25) is 0 Å². The Labute approximate surface area is 103 Å². The molecule has 0 aliphatic rings. The van der Waals surface area contributed by atoms with Gasteiger partial charge in [-0.15, -0.1) is 11.3 Å². The fraction of sp³-hybridized carbons (Fsp3) is 0.750. The van der Waals surface area contributed by atoms with Crippen molar-refractivity contribution in [2.24, 2.45) is 0 Å². The molecule has 3 nitrogen and oxygen atoms in total. The molecule has 0 amide bonds. The van der Waals surface area contributed by atoms with E-state index < -0.39 is 0 Å². The van der Waals surface area contributed by atoms with Crippen molar-refractivity contribution in [3.8, 4) is 0 Å². The van der Waals surface area contributed by atoms with Crippen LogP contribution in [0.4, 0.5) is 0 Å². The zero-order valence-electron chi connectivity index (χ0n) is 10.8. The summed E-state index contributed by atoms with van der Waals surface area (Å²) < 4.78 is 0. The largest absolute Gasteiger partial charge is 0.318 e. The maximum atomic E-state index is 4.60. The predicted molar refractivity (Wildman–Crippen MR) is 71.1 cm³/mol. The SMILES string of the molecule is CCCN(CCNC)Cc1nc(C)c(C)s1. The molecule has 0 fully saturated rings. The van der Waals surface area contributed by atoms with Crippen molar-refractivity contribution in [2.45, 2.75) is 33.7 Å². The molecule has 0 atom stereocenters. The number of nitrogens with one attached hydrogen (secondary N) is 1. The molecule has 0 aliphatic heterocycles. The summed E-state index contributed by atoms with van der Waals surface area (Å²) in [7, 11) is 2.00. The van der Waals surface area contributed by atoms with Gasteiger partial charge in [-0.1, -0.05) is 6.92 Å². The molecule has 1 N–H and O–H groups in total. The number of likely N-dealkylation sites (N-methyl/N-ethyl adjacent to an activating group) is 1. The third kappa shape index (κ3) is 4.20. The summed E-state index contributed by atoms with van der Waals surface area (Å²) in [6.07, 6.45) is 1.20. The fourth-order valence-electron chi connectivity index (χ4n) is 1.65. The van der Waals surface area contributed by atoms with Gasteiger partial charge in [-0.05, 0) is 33.9 Å². The monoisotopic (exact) mass is 241 g/mol. The minimum Gasteiger partial charge on any atom is -0.318 e. The topological polar surface area (TPSA) is 28.2 Å². The van der Waals surface area contributed by atoms with E-state index in [4.69, 9.17) is 0 Å². The van der Waals surface area contributed by atoms with E-state index >= 15 is 0 Å². The van der Waals surface area contributed by atoms with Gasteiger partial charge >= 0.3 is 0 Å². The number of rotatable bonds is 7. The van der Waals surface area contributed by atoms with Gasteiger partial charge in [-0.2, -0.15) is 0 Å². The summed E-state index contributed by atoms with van der Waals surface area (Å²) in [5, 5.41) is 4.45. The summed E-state index contributed by atoms with van der Waals surface area (Å²) >= 11 is 1.83. The average Bonchev–Trinajstić information content (AvgIpc) is 2.55. The van der Waals surface area contributed by atoms with Crippen LogP contribution < -0.4 is 5.32 Å². The summed E-state index contributed by atoms with van der Waals surface area (Å²) in [6.45, 7) is 10.8. The van der Waals surface area contributed by atoms with E-state index in [9.17, 15) is 0 Å². The molecule has 0 unspecified atom stereocenters. The standard InChI is InChI=1S/C12H23N3S/c1-5-7-15(8-6-13-4)9-12-14-10(2)11(3)16-12/h13H,5-9H2,1-4H3. The molecule has 0 saturated carbocycles. The summed E-state index contributed by atoms with van der Waals surface area (Å²) in [4.78, 5) is 8.41. The first-order chi connectivity index (χ1) is 7.67.